The molecule has 4 heteroatoms. The Kier molecular flexibility index (Phi) is 1.66. The van der Waals surface area contributed by atoms with E-state index in [4.69, 9.17) is 20.4 Å². The molecule has 2 aromatic heterocycles. The summed E-state index contributed by atoms with van der Waals surface area (Å²) in [6, 6.07) is 3.68. The molecule has 0 N–H and O–H groups in total. The van der Waals surface area contributed by atoms with Gasteiger partial charge in [0, 0.05) is 10.8 Å². The van der Waals surface area contributed by atoms with Crippen LogP contribution < -0.4 is 0 Å². The van der Waals surface area contributed by atoms with Crippen molar-refractivity contribution in [1.82, 2.24) is 0 Å². The van der Waals surface area contributed by atoms with Crippen molar-refractivity contribution < 1.29 is 8.83 Å². The second kappa shape index (κ2) is 2.78. The maximum atomic E-state index is 6.15. The second-order valence-corrected chi connectivity index (χ2v) is 4.13. The minimum absolute atomic E-state index is 0.594. The van der Waals surface area contributed by atoms with Crippen molar-refractivity contribution >= 4 is 49.5 Å². The highest BCUT2D eigenvalue weighted by molar-refractivity contribution is 9.10. The molecule has 2 heterocycles. The number of rotatable bonds is 0. The van der Waals surface area contributed by atoms with E-state index in [1.54, 1.807) is 12.5 Å². The molecule has 70 valence electrons. The third-order valence-electron chi connectivity index (χ3n) is 2.20. The summed E-state index contributed by atoms with van der Waals surface area (Å²) < 4.78 is 11.5. The molecule has 0 saturated heterocycles. The summed E-state index contributed by atoms with van der Waals surface area (Å²) in [5.41, 5.74) is 1.44. The monoisotopic (exact) mass is 270 g/mol. The Bertz CT molecular complexity index is 521. The fourth-order valence-corrected chi connectivity index (χ4v) is 2.46. The normalized spacial score (nSPS) is 11.6. The molecule has 2 nitrogen and oxygen atoms in total. The summed E-state index contributed by atoms with van der Waals surface area (Å²) in [5, 5.41) is 2.38. The van der Waals surface area contributed by atoms with Crippen LogP contribution in [0.4, 0.5) is 0 Å². The standard InChI is InChI=1S/C10H4BrClO2/c11-7-5-1-3-14-10(5)8(12)6-2-4-13-9(6)7/h1-4H. The summed E-state index contributed by atoms with van der Waals surface area (Å²) in [7, 11) is 0. The van der Waals surface area contributed by atoms with Crippen LogP contribution in [0.25, 0.3) is 21.9 Å². The molecule has 0 bridgehead atoms. The lowest BCUT2D eigenvalue weighted by Crippen LogP contribution is -1.73. The largest absolute Gasteiger partial charge is 0.463 e. The molecule has 0 fully saturated rings. The van der Waals surface area contributed by atoms with Crippen molar-refractivity contribution in [2.75, 3.05) is 0 Å². The van der Waals surface area contributed by atoms with Gasteiger partial charge in [-0.15, -0.1) is 0 Å². The van der Waals surface area contributed by atoms with Crippen LogP contribution in [0.3, 0.4) is 0 Å². The Morgan fingerprint density at radius 1 is 1.00 bits per heavy atom. The summed E-state index contributed by atoms with van der Waals surface area (Å²) in [6.45, 7) is 0. The first kappa shape index (κ1) is 8.38. The lowest BCUT2D eigenvalue weighted by molar-refractivity contribution is 0.611. The van der Waals surface area contributed by atoms with E-state index in [1.807, 2.05) is 12.1 Å². The van der Waals surface area contributed by atoms with Crippen molar-refractivity contribution in [3.63, 3.8) is 0 Å². The van der Waals surface area contributed by atoms with Crippen molar-refractivity contribution in [2.45, 2.75) is 0 Å². The van der Waals surface area contributed by atoms with Gasteiger partial charge in [0.2, 0.25) is 0 Å². The number of furan rings is 2. The smallest absolute Gasteiger partial charge is 0.154 e. The maximum Gasteiger partial charge on any atom is 0.154 e. The van der Waals surface area contributed by atoms with Gasteiger partial charge in [0.15, 0.2) is 5.58 Å². The van der Waals surface area contributed by atoms with Gasteiger partial charge in [0.25, 0.3) is 0 Å². The zero-order chi connectivity index (χ0) is 9.71. The van der Waals surface area contributed by atoms with Gasteiger partial charge < -0.3 is 8.83 Å². The van der Waals surface area contributed by atoms with Crippen LogP contribution in [0.2, 0.25) is 5.02 Å². The number of benzene rings is 1. The average Bonchev–Trinajstić information content (AvgIpc) is 2.82. The number of hydrogen-bond acceptors (Lipinski definition) is 2. The molecule has 3 rings (SSSR count). The van der Waals surface area contributed by atoms with Gasteiger partial charge >= 0.3 is 0 Å². The van der Waals surface area contributed by atoms with Crippen molar-refractivity contribution in [3.8, 4) is 0 Å². The van der Waals surface area contributed by atoms with Crippen molar-refractivity contribution in [1.29, 1.82) is 0 Å². The van der Waals surface area contributed by atoms with Crippen molar-refractivity contribution in [2.24, 2.45) is 0 Å². The molecule has 0 unspecified atom stereocenters. The fourth-order valence-electron chi connectivity index (χ4n) is 1.55. The van der Waals surface area contributed by atoms with Gasteiger partial charge in [-0.2, -0.15) is 0 Å². The Morgan fingerprint density at radius 3 is 2.43 bits per heavy atom. The van der Waals surface area contributed by atoms with Gasteiger partial charge in [0.1, 0.15) is 5.58 Å². The van der Waals surface area contributed by atoms with Crippen LogP contribution in [0, 0.1) is 0 Å². The Hall–Kier alpha value is -0.930. The molecule has 0 spiro atoms. The van der Waals surface area contributed by atoms with Crippen LogP contribution in [-0.2, 0) is 0 Å². The molecule has 0 aliphatic carbocycles. The molecular weight excluding hydrogens is 267 g/mol. The molecule has 0 saturated carbocycles. The van der Waals surface area contributed by atoms with Crippen molar-refractivity contribution in [3.05, 3.63) is 34.2 Å². The summed E-state index contributed by atoms with van der Waals surface area (Å²) >= 11 is 9.62. The third-order valence-corrected chi connectivity index (χ3v) is 3.36. The first-order valence-electron chi connectivity index (χ1n) is 4.00. The van der Waals surface area contributed by atoms with E-state index >= 15 is 0 Å². The van der Waals surface area contributed by atoms with Gasteiger partial charge in [0.05, 0.1) is 22.0 Å². The molecule has 0 radical (unpaired) electrons. The van der Waals surface area contributed by atoms with E-state index in [0.717, 1.165) is 20.8 Å². The van der Waals surface area contributed by atoms with Gasteiger partial charge in [-0.25, -0.2) is 0 Å². The third kappa shape index (κ3) is 0.913. The number of fused-ring (bicyclic) bond motifs is 2. The highest BCUT2D eigenvalue weighted by Gasteiger charge is 2.15. The number of halogens is 2. The fraction of sp³-hybridized carbons (Fsp3) is 0. The predicted molar refractivity (Wildman–Crippen MR) is 58.7 cm³/mol. The zero-order valence-corrected chi connectivity index (χ0v) is 9.22. The van der Waals surface area contributed by atoms with Gasteiger partial charge in [-0.1, -0.05) is 11.6 Å². The summed E-state index contributed by atoms with van der Waals surface area (Å²) in [5.74, 6) is 0. The lowest BCUT2D eigenvalue weighted by atomic mass is 10.2. The molecule has 0 aliphatic heterocycles. The quantitative estimate of drug-likeness (QED) is 0.597. The Balaban J connectivity index is 2.72. The van der Waals surface area contributed by atoms with Gasteiger partial charge in [-0.3, -0.25) is 0 Å². The molecule has 14 heavy (non-hydrogen) atoms. The van der Waals surface area contributed by atoms with Crippen LogP contribution in [0.5, 0.6) is 0 Å². The van der Waals surface area contributed by atoms with Gasteiger partial charge in [-0.05, 0) is 28.1 Å². The highest BCUT2D eigenvalue weighted by Crippen LogP contribution is 2.39. The highest BCUT2D eigenvalue weighted by atomic mass is 79.9. The Morgan fingerprint density at radius 2 is 1.64 bits per heavy atom. The zero-order valence-electron chi connectivity index (χ0n) is 6.88. The average molecular weight is 271 g/mol. The maximum absolute atomic E-state index is 6.15. The second-order valence-electron chi connectivity index (χ2n) is 2.95. The van der Waals surface area contributed by atoms with E-state index < -0.39 is 0 Å². The predicted octanol–water partition coefficient (Wildman–Crippen LogP) is 4.59. The van der Waals surface area contributed by atoms with E-state index in [1.165, 1.54) is 0 Å². The summed E-state index contributed by atoms with van der Waals surface area (Å²) in [4.78, 5) is 0. The molecule has 0 amide bonds. The molecule has 3 aromatic rings. The summed E-state index contributed by atoms with van der Waals surface area (Å²) in [6.07, 6.45) is 3.22. The minimum atomic E-state index is 0.594. The SMILES string of the molecule is Clc1c2ccoc2c(Br)c2ccoc12. The molecule has 0 aliphatic rings. The van der Waals surface area contributed by atoms with E-state index in [0.29, 0.717) is 10.6 Å². The van der Waals surface area contributed by atoms with Crippen LogP contribution in [0.15, 0.2) is 38.0 Å². The van der Waals surface area contributed by atoms with Crippen LogP contribution in [-0.4, -0.2) is 0 Å². The molecule has 1 aromatic carbocycles. The molecular formula is C10H4BrClO2. The van der Waals surface area contributed by atoms with Crippen LogP contribution in [0.1, 0.15) is 0 Å². The van der Waals surface area contributed by atoms with E-state index in [2.05, 4.69) is 15.9 Å². The molecule has 0 atom stereocenters. The topological polar surface area (TPSA) is 26.3 Å². The Labute approximate surface area is 92.6 Å². The first-order valence-corrected chi connectivity index (χ1v) is 5.17. The lowest BCUT2D eigenvalue weighted by Gasteiger charge is -1.98. The van der Waals surface area contributed by atoms with Crippen LogP contribution >= 0.6 is 27.5 Å². The van der Waals surface area contributed by atoms with E-state index in [-0.39, 0.29) is 0 Å². The number of hydrogen-bond donors (Lipinski definition) is 0. The van der Waals surface area contributed by atoms with E-state index in [9.17, 15) is 0 Å². The minimum Gasteiger partial charge on any atom is -0.463 e. The first-order chi connectivity index (χ1) is 6.79.